The number of nitrogens with two attached hydrogens (primary N) is 1. The van der Waals surface area contributed by atoms with Crippen molar-refractivity contribution >= 4 is 38.8 Å². The maximum absolute atomic E-state index is 11.2. The Bertz CT molecular complexity index is 818. The summed E-state index contributed by atoms with van der Waals surface area (Å²) in [7, 11) is -3.71. The van der Waals surface area contributed by atoms with E-state index in [1.807, 2.05) is 18.2 Å². The molecule has 2 aromatic rings. The number of hydrazone groups is 1. The van der Waals surface area contributed by atoms with E-state index in [4.69, 9.17) is 17.4 Å². The van der Waals surface area contributed by atoms with Gasteiger partial charge in [-0.25, -0.2) is 13.6 Å². The Hall–Kier alpha value is -2.36. The molecule has 0 aliphatic rings. The quantitative estimate of drug-likeness (QED) is 0.438. The van der Waals surface area contributed by atoms with E-state index < -0.39 is 10.0 Å². The van der Waals surface area contributed by atoms with Crippen LogP contribution in [0, 0.1) is 0 Å². The van der Waals surface area contributed by atoms with Crippen molar-refractivity contribution in [3.05, 3.63) is 54.4 Å². The molecule has 0 saturated carbocycles. The van der Waals surface area contributed by atoms with Crippen LogP contribution in [-0.4, -0.2) is 24.2 Å². The molecule has 0 aliphatic carbocycles. The highest BCUT2D eigenvalue weighted by Crippen LogP contribution is 2.12. The fourth-order valence-corrected chi connectivity index (χ4v) is 2.33. The first-order valence-corrected chi connectivity index (χ1v) is 8.47. The molecule has 0 bridgehead atoms. The van der Waals surface area contributed by atoms with Gasteiger partial charge in [0.15, 0.2) is 5.11 Å². The average molecular weight is 349 g/mol. The Morgan fingerprint density at radius 2 is 1.91 bits per heavy atom. The van der Waals surface area contributed by atoms with Crippen molar-refractivity contribution in [2.75, 3.05) is 5.32 Å². The minimum atomic E-state index is -3.71. The van der Waals surface area contributed by atoms with Crippen LogP contribution in [0.3, 0.4) is 0 Å². The van der Waals surface area contributed by atoms with Crippen LogP contribution >= 0.6 is 12.2 Å². The number of benzene rings is 1. The minimum Gasteiger partial charge on any atom is -0.331 e. The molecule has 2 rings (SSSR count). The van der Waals surface area contributed by atoms with E-state index in [0.717, 1.165) is 5.69 Å². The molecule has 23 heavy (non-hydrogen) atoms. The third kappa shape index (κ3) is 5.09. The molecule has 9 heteroatoms. The van der Waals surface area contributed by atoms with Gasteiger partial charge in [0.1, 0.15) is 0 Å². The minimum absolute atomic E-state index is 0.0333. The van der Waals surface area contributed by atoms with Crippen LogP contribution in [-0.2, 0) is 10.0 Å². The van der Waals surface area contributed by atoms with Gasteiger partial charge in [0, 0.05) is 11.9 Å². The molecule has 0 fully saturated rings. The number of pyridine rings is 1. The highest BCUT2D eigenvalue weighted by molar-refractivity contribution is 7.89. The van der Waals surface area contributed by atoms with E-state index in [-0.39, 0.29) is 10.0 Å². The van der Waals surface area contributed by atoms with E-state index in [1.54, 1.807) is 25.3 Å². The van der Waals surface area contributed by atoms with Crippen LogP contribution in [0.2, 0.25) is 0 Å². The summed E-state index contributed by atoms with van der Waals surface area (Å²) < 4.78 is 22.3. The number of hydrogen-bond acceptors (Lipinski definition) is 5. The van der Waals surface area contributed by atoms with Crippen molar-refractivity contribution in [2.45, 2.75) is 11.8 Å². The molecule has 1 aromatic heterocycles. The molecule has 7 nitrogen and oxygen atoms in total. The molecule has 0 radical (unpaired) electrons. The zero-order chi connectivity index (χ0) is 16.9. The number of nitrogens with one attached hydrogen (secondary N) is 2. The largest absolute Gasteiger partial charge is 0.331 e. The van der Waals surface area contributed by atoms with Gasteiger partial charge in [-0.15, -0.1) is 0 Å². The third-order valence-electron chi connectivity index (χ3n) is 2.80. The van der Waals surface area contributed by atoms with E-state index in [2.05, 4.69) is 20.8 Å². The Morgan fingerprint density at radius 3 is 2.48 bits per heavy atom. The molecule has 120 valence electrons. The maximum Gasteiger partial charge on any atom is 0.238 e. The first-order chi connectivity index (χ1) is 10.9. The first-order valence-electron chi connectivity index (χ1n) is 6.52. The van der Waals surface area contributed by atoms with E-state index >= 15 is 0 Å². The van der Waals surface area contributed by atoms with Gasteiger partial charge in [-0.05, 0) is 55.5 Å². The summed E-state index contributed by atoms with van der Waals surface area (Å²) in [5, 5.41) is 12.3. The monoisotopic (exact) mass is 349 g/mol. The lowest BCUT2D eigenvalue weighted by atomic mass is 10.3. The van der Waals surface area contributed by atoms with Crippen LogP contribution in [0.15, 0.2) is 58.7 Å². The number of hydrogen-bond donors (Lipinski definition) is 3. The fourth-order valence-electron chi connectivity index (χ4n) is 1.66. The Kier molecular flexibility index (Phi) is 5.37. The summed E-state index contributed by atoms with van der Waals surface area (Å²) in [5.74, 6) is 0. The fraction of sp³-hybridized carbons (Fsp3) is 0.0714. The van der Waals surface area contributed by atoms with E-state index in [1.165, 1.54) is 12.1 Å². The molecule has 0 spiro atoms. The van der Waals surface area contributed by atoms with Gasteiger partial charge in [-0.3, -0.25) is 10.4 Å². The topological polar surface area (TPSA) is 109 Å². The SMILES string of the molecule is C/C(=N/NC(=S)Nc1ccc(S(N)(=O)=O)cc1)c1ccccn1. The lowest BCUT2D eigenvalue weighted by Crippen LogP contribution is -2.25. The zero-order valence-electron chi connectivity index (χ0n) is 12.2. The van der Waals surface area contributed by atoms with Crippen LogP contribution < -0.4 is 15.9 Å². The number of sulfonamides is 1. The standard InChI is InChI=1S/C14H15N5O2S2/c1-10(13-4-2-3-9-16-13)18-19-14(22)17-11-5-7-12(8-6-11)23(15,20)21/h2-9H,1H3,(H2,15,20,21)(H2,17,19,22)/b18-10-. The van der Waals surface area contributed by atoms with Gasteiger partial charge in [0.2, 0.25) is 10.0 Å². The molecule has 1 aromatic carbocycles. The van der Waals surface area contributed by atoms with Crippen LogP contribution in [0.4, 0.5) is 5.69 Å². The summed E-state index contributed by atoms with van der Waals surface area (Å²) in [5.41, 5.74) is 4.73. The van der Waals surface area contributed by atoms with Crippen molar-refractivity contribution in [3.63, 3.8) is 0 Å². The smallest absolute Gasteiger partial charge is 0.238 e. The Morgan fingerprint density at radius 1 is 1.22 bits per heavy atom. The average Bonchev–Trinajstić information content (AvgIpc) is 2.53. The highest BCUT2D eigenvalue weighted by Gasteiger charge is 2.07. The van der Waals surface area contributed by atoms with Crippen LogP contribution in [0.1, 0.15) is 12.6 Å². The van der Waals surface area contributed by atoms with E-state index in [0.29, 0.717) is 11.4 Å². The van der Waals surface area contributed by atoms with Crippen LogP contribution in [0.25, 0.3) is 0 Å². The number of anilines is 1. The van der Waals surface area contributed by atoms with Crippen molar-refractivity contribution in [1.82, 2.24) is 10.4 Å². The molecule has 4 N–H and O–H groups in total. The van der Waals surface area contributed by atoms with Gasteiger partial charge >= 0.3 is 0 Å². The molecule has 0 aliphatic heterocycles. The van der Waals surface area contributed by atoms with Gasteiger partial charge in [0.05, 0.1) is 16.3 Å². The van der Waals surface area contributed by atoms with Gasteiger partial charge in [0.25, 0.3) is 0 Å². The Balaban J connectivity index is 1.97. The molecule has 0 unspecified atom stereocenters. The predicted molar refractivity (Wildman–Crippen MR) is 93.6 cm³/mol. The van der Waals surface area contributed by atoms with Crippen LogP contribution in [0.5, 0.6) is 0 Å². The number of thiocarbonyl (C=S) groups is 1. The second-order valence-corrected chi connectivity index (χ2v) is 6.52. The second-order valence-electron chi connectivity index (χ2n) is 4.55. The lowest BCUT2D eigenvalue weighted by Gasteiger charge is -2.08. The van der Waals surface area contributed by atoms with Gasteiger partial charge < -0.3 is 5.32 Å². The molecular weight excluding hydrogens is 334 g/mol. The third-order valence-corrected chi connectivity index (χ3v) is 3.92. The number of primary sulfonamides is 1. The number of rotatable bonds is 4. The van der Waals surface area contributed by atoms with Crippen molar-refractivity contribution < 1.29 is 8.42 Å². The summed E-state index contributed by atoms with van der Waals surface area (Å²) in [6.45, 7) is 1.80. The normalized spacial score (nSPS) is 11.8. The summed E-state index contributed by atoms with van der Waals surface area (Å²) in [6, 6.07) is 11.4. The van der Waals surface area contributed by atoms with Crippen molar-refractivity contribution in [3.8, 4) is 0 Å². The van der Waals surface area contributed by atoms with Gasteiger partial charge in [-0.2, -0.15) is 5.10 Å². The predicted octanol–water partition coefficient (Wildman–Crippen LogP) is 1.44. The zero-order valence-corrected chi connectivity index (χ0v) is 13.9. The molecule has 0 amide bonds. The molecule has 0 atom stereocenters. The Labute approximate surface area is 139 Å². The molecular formula is C14H15N5O2S2. The highest BCUT2D eigenvalue weighted by atomic mass is 32.2. The lowest BCUT2D eigenvalue weighted by molar-refractivity contribution is 0.598. The second kappa shape index (κ2) is 7.27. The molecule has 1 heterocycles. The van der Waals surface area contributed by atoms with E-state index in [9.17, 15) is 8.42 Å². The molecule has 0 saturated heterocycles. The maximum atomic E-state index is 11.2. The number of aromatic nitrogens is 1. The first kappa shape index (κ1) is 17.0. The van der Waals surface area contributed by atoms with Gasteiger partial charge in [-0.1, -0.05) is 6.07 Å². The summed E-state index contributed by atoms with van der Waals surface area (Å²) in [6.07, 6.45) is 1.68. The van der Waals surface area contributed by atoms with Crippen molar-refractivity contribution in [1.29, 1.82) is 0 Å². The summed E-state index contributed by atoms with van der Waals surface area (Å²) in [4.78, 5) is 4.20. The van der Waals surface area contributed by atoms with Crippen molar-refractivity contribution in [2.24, 2.45) is 10.2 Å². The summed E-state index contributed by atoms with van der Waals surface area (Å²) >= 11 is 5.12. The number of nitrogens with zero attached hydrogens (tertiary/aromatic N) is 2.